The summed E-state index contributed by atoms with van der Waals surface area (Å²) in [7, 11) is 0.525. The van der Waals surface area contributed by atoms with Gasteiger partial charge in [-0.05, 0) is 24.6 Å². The van der Waals surface area contributed by atoms with Gasteiger partial charge in [0, 0.05) is 11.2 Å². The molecule has 0 amide bonds. The third-order valence-corrected chi connectivity index (χ3v) is 5.80. The molecule has 0 heterocycles. The van der Waals surface area contributed by atoms with Crippen molar-refractivity contribution in [2.45, 2.75) is 38.7 Å². The third kappa shape index (κ3) is 3.25. The van der Waals surface area contributed by atoms with Crippen molar-refractivity contribution >= 4 is 25.8 Å². The van der Waals surface area contributed by atoms with E-state index in [1.165, 1.54) is 5.56 Å². The van der Waals surface area contributed by atoms with Gasteiger partial charge in [0.2, 0.25) is 5.12 Å². The topological polar surface area (TPSA) is 29.1 Å². The minimum atomic E-state index is -1.45. The number of hydrogen-bond acceptors (Lipinski definition) is 2. The normalized spacial score (nSPS) is 13.4. The number of thiol groups is 1. The number of carbonyl (C=O) groups is 1. The van der Waals surface area contributed by atoms with Crippen LogP contribution >= 0.6 is 12.6 Å². The third-order valence-electron chi connectivity index (χ3n) is 3.25. The molecule has 0 radical (unpaired) electrons. The molecule has 2 nitrogen and oxygen atoms in total. The summed E-state index contributed by atoms with van der Waals surface area (Å²) in [6, 6.07) is 5.94. The number of nitrogens with one attached hydrogen (secondary N) is 1. The smallest absolute Gasteiger partial charge is 0.216 e. The van der Waals surface area contributed by atoms with Crippen LogP contribution in [0, 0.1) is 0 Å². The molecule has 1 unspecified atom stereocenters. The highest BCUT2D eigenvalue weighted by Crippen LogP contribution is 2.31. The minimum Gasteiger partial charge on any atom is -0.316 e. The van der Waals surface area contributed by atoms with Crippen LogP contribution in [0.5, 0.6) is 0 Å². The highest BCUT2D eigenvalue weighted by molar-refractivity contribution is 7.97. The summed E-state index contributed by atoms with van der Waals surface area (Å²) >= 11 is 4.02. The van der Waals surface area contributed by atoms with E-state index in [0.29, 0.717) is 0 Å². The first-order chi connectivity index (χ1) is 8.32. The molecule has 0 aliphatic carbocycles. The number of benzene rings is 1. The highest BCUT2D eigenvalue weighted by Gasteiger charge is 2.31. The van der Waals surface area contributed by atoms with Gasteiger partial charge in [0.1, 0.15) is 0 Å². The molecule has 0 fully saturated rings. The van der Waals surface area contributed by atoms with Crippen LogP contribution in [-0.4, -0.2) is 20.2 Å². The van der Waals surface area contributed by atoms with Crippen molar-refractivity contribution in [3.63, 3.8) is 0 Å². The fourth-order valence-electron chi connectivity index (χ4n) is 2.46. The van der Waals surface area contributed by atoms with E-state index in [2.05, 4.69) is 50.6 Å². The molecule has 0 saturated carbocycles. The van der Waals surface area contributed by atoms with E-state index >= 15 is 0 Å². The Hall–Kier alpha value is -0.583. The first-order valence-corrected chi connectivity index (χ1v) is 10.4. The van der Waals surface area contributed by atoms with Gasteiger partial charge < -0.3 is 5.32 Å². The molecule has 1 N–H and O–H groups in total. The predicted molar refractivity (Wildman–Crippen MR) is 84.3 cm³/mol. The molecule has 1 atom stereocenters. The molecule has 1 aromatic carbocycles. The van der Waals surface area contributed by atoms with Gasteiger partial charge >= 0.3 is 0 Å². The van der Waals surface area contributed by atoms with Crippen LogP contribution in [0.15, 0.2) is 18.2 Å². The Kier molecular flexibility index (Phi) is 5.19. The molecule has 0 bridgehead atoms. The van der Waals surface area contributed by atoms with Crippen molar-refractivity contribution in [1.82, 2.24) is 5.32 Å². The van der Waals surface area contributed by atoms with Crippen molar-refractivity contribution in [3.05, 3.63) is 34.9 Å². The summed E-state index contributed by atoms with van der Waals surface area (Å²) in [6.45, 7) is 9.07. The Balaban J connectivity index is 3.48. The van der Waals surface area contributed by atoms with Crippen LogP contribution in [0.3, 0.4) is 0 Å². The first-order valence-electron chi connectivity index (χ1n) is 6.35. The number of aryl methyl sites for hydroxylation is 1. The molecule has 0 aliphatic rings. The number of rotatable bonds is 5. The maximum Gasteiger partial charge on any atom is 0.216 e. The zero-order valence-electron chi connectivity index (χ0n) is 11.9. The first kappa shape index (κ1) is 15.5. The molecule has 1 aromatic rings. The monoisotopic (exact) mass is 281 g/mol. The molecular formula is C14H23NOSSi. The molecule has 0 saturated heterocycles. The second-order valence-electron chi connectivity index (χ2n) is 5.62. The lowest BCUT2D eigenvalue weighted by Gasteiger charge is -2.32. The summed E-state index contributed by atoms with van der Waals surface area (Å²) in [5.41, 5.74) is 3.43. The molecule has 4 heteroatoms. The average molecular weight is 281 g/mol. The summed E-state index contributed by atoms with van der Waals surface area (Å²) in [5, 5.41) is 3.26. The zero-order valence-corrected chi connectivity index (χ0v) is 13.8. The fourth-order valence-corrected chi connectivity index (χ4v) is 4.73. The molecule has 100 valence electrons. The van der Waals surface area contributed by atoms with Crippen molar-refractivity contribution in [3.8, 4) is 0 Å². The van der Waals surface area contributed by atoms with E-state index in [-0.39, 0.29) is 10.8 Å². The predicted octanol–water partition coefficient (Wildman–Crippen LogP) is 3.46. The van der Waals surface area contributed by atoms with Crippen LogP contribution in [0.1, 0.15) is 34.1 Å². The van der Waals surface area contributed by atoms with Gasteiger partial charge in [-0.15, -0.1) is 12.6 Å². The van der Waals surface area contributed by atoms with Gasteiger partial charge in [0.05, 0.1) is 8.07 Å². The van der Waals surface area contributed by atoms with Crippen LogP contribution in [-0.2, 0) is 6.42 Å². The Bertz CT molecular complexity index is 440. The average Bonchev–Trinajstić information content (AvgIpc) is 2.27. The number of carbonyl (C=O) groups excluding carboxylic acids is 1. The maximum atomic E-state index is 11.7. The summed E-state index contributed by atoms with van der Waals surface area (Å²) < 4.78 is 0. The van der Waals surface area contributed by atoms with Crippen molar-refractivity contribution in [2.24, 2.45) is 0 Å². The van der Waals surface area contributed by atoms with E-state index < -0.39 is 8.07 Å². The summed E-state index contributed by atoms with van der Waals surface area (Å²) in [4.78, 5) is 11.7. The lowest BCUT2D eigenvalue weighted by Crippen LogP contribution is -2.40. The highest BCUT2D eigenvalue weighted by atomic mass is 32.1. The van der Waals surface area contributed by atoms with Gasteiger partial charge in [-0.25, -0.2) is 0 Å². The number of hydrogen-bond donors (Lipinski definition) is 2. The zero-order chi connectivity index (χ0) is 13.9. The van der Waals surface area contributed by atoms with E-state index in [0.717, 1.165) is 17.5 Å². The van der Waals surface area contributed by atoms with Gasteiger partial charge in [-0.1, -0.05) is 44.8 Å². The Labute approximate surface area is 117 Å². The lowest BCUT2D eigenvalue weighted by molar-refractivity contribution is 0.109. The van der Waals surface area contributed by atoms with Crippen LogP contribution in [0.25, 0.3) is 0 Å². The van der Waals surface area contributed by atoms with E-state index in [4.69, 9.17) is 0 Å². The Morgan fingerprint density at radius 1 is 1.39 bits per heavy atom. The van der Waals surface area contributed by atoms with Gasteiger partial charge in [0.25, 0.3) is 0 Å². The van der Waals surface area contributed by atoms with Gasteiger partial charge in [-0.3, -0.25) is 4.79 Å². The maximum absolute atomic E-state index is 11.7. The SMILES string of the molecule is CCc1cccc(C(=O)S)c1C(NC)[Si](C)(C)C. The van der Waals surface area contributed by atoms with Crippen molar-refractivity contribution in [2.75, 3.05) is 7.05 Å². The summed E-state index contributed by atoms with van der Waals surface area (Å²) in [6.07, 6.45) is 0.937. The van der Waals surface area contributed by atoms with Gasteiger partial charge in [-0.2, -0.15) is 0 Å². The molecule has 18 heavy (non-hydrogen) atoms. The Morgan fingerprint density at radius 2 is 2.00 bits per heavy atom. The quantitative estimate of drug-likeness (QED) is 0.639. The van der Waals surface area contributed by atoms with E-state index in [1.807, 2.05) is 19.2 Å². The largest absolute Gasteiger partial charge is 0.316 e. The fraction of sp³-hybridized carbons (Fsp3) is 0.500. The van der Waals surface area contributed by atoms with Crippen molar-refractivity contribution < 1.29 is 4.79 Å². The molecule has 0 spiro atoms. The van der Waals surface area contributed by atoms with Crippen molar-refractivity contribution in [1.29, 1.82) is 0 Å². The van der Waals surface area contributed by atoms with Crippen LogP contribution < -0.4 is 5.32 Å². The minimum absolute atomic E-state index is 0.140. The molecular weight excluding hydrogens is 258 g/mol. The Morgan fingerprint density at radius 3 is 2.39 bits per heavy atom. The van der Waals surface area contributed by atoms with Gasteiger partial charge in [0.15, 0.2) is 0 Å². The standard InChI is InChI=1S/C14H23NOSSi/c1-6-10-8-7-9-11(14(16)17)12(10)13(15-2)18(3,4)5/h7-9,13,15H,6H2,1-5H3,(H,16,17). The molecule has 1 rings (SSSR count). The van der Waals surface area contributed by atoms with Crippen LogP contribution in [0.2, 0.25) is 19.6 Å². The molecule has 0 aromatic heterocycles. The second-order valence-corrected chi connectivity index (χ2v) is 11.3. The van der Waals surface area contributed by atoms with E-state index in [9.17, 15) is 4.79 Å². The second kappa shape index (κ2) is 6.04. The lowest BCUT2D eigenvalue weighted by atomic mass is 9.99. The summed E-state index contributed by atoms with van der Waals surface area (Å²) in [5.74, 6) is 0. The molecule has 0 aliphatic heterocycles. The van der Waals surface area contributed by atoms with Crippen LogP contribution in [0.4, 0.5) is 0 Å². The van der Waals surface area contributed by atoms with E-state index in [1.54, 1.807) is 0 Å².